The average Bonchev–Trinajstić information content (AvgIpc) is 2.73. The highest BCUT2D eigenvalue weighted by atomic mass is 35.5. The largest absolute Gasteiger partial charge is 0.466 e. The fraction of sp³-hybridized carbons (Fsp3) is 0.632. The third-order valence-corrected chi connectivity index (χ3v) is 5.25. The molecule has 0 aromatic rings. The second kappa shape index (κ2) is 10.4. The fourth-order valence-corrected chi connectivity index (χ4v) is 3.93. The Morgan fingerprint density at radius 1 is 1.14 bits per heavy atom. The number of carbonyl (C=O) groups excluding carboxylic acids is 3. The molecule has 28 heavy (non-hydrogen) atoms. The van der Waals surface area contributed by atoms with Crippen molar-refractivity contribution in [1.29, 1.82) is 0 Å². The van der Waals surface area contributed by atoms with Crippen LogP contribution in [-0.2, 0) is 23.8 Å². The number of alkyl halides is 1. The second-order valence-electron chi connectivity index (χ2n) is 6.58. The summed E-state index contributed by atoms with van der Waals surface area (Å²) in [6.07, 6.45) is 5.78. The zero-order valence-electron chi connectivity index (χ0n) is 16.5. The number of esters is 2. The number of nitrogens with zero attached hydrogens (tertiary/aromatic N) is 1. The number of nitrogens with one attached hydrogen (secondary N) is 1. The van der Waals surface area contributed by atoms with Crippen molar-refractivity contribution in [2.45, 2.75) is 56.9 Å². The Hall–Kier alpha value is -2.22. The highest BCUT2D eigenvalue weighted by Gasteiger charge is 2.42. The quantitative estimate of drug-likeness (QED) is 0.429. The minimum absolute atomic E-state index is 0.0885. The maximum Gasteiger partial charge on any atom is 0.426 e. The summed E-state index contributed by atoms with van der Waals surface area (Å²) < 4.78 is 14.9. The summed E-state index contributed by atoms with van der Waals surface area (Å²) in [4.78, 5) is 37.3. The summed E-state index contributed by atoms with van der Waals surface area (Å²) in [5, 5.41) is 0.904. The van der Waals surface area contributed by atoms with E-state index in [1.54, 1.807) is 13.1 Å². The Labute approximate surface area is 169 Å². The Balaban J connectivity index is 2.61. The van der Waals surface area contributed by atoms with E-state index in [0.29, 0.717) is 18.4 Å². The van der Waals surface area contributed by atoms with Gasteiger partial charge in [0.05, 0.1) is 43.4 Å². The monoisotopic (exact) mass is 414 g/mol. The molecule has 1 N–H and O–H groups in total. The van der Waals surface area contributed by atoms with E-state index in [-0.39, 0.29) is 17.8 Å². The lowest BCUT2D eigenvalue weighted by Crippen LogP contribution is -2.53. The van der Waals surface area contributed by atoms with Gasteiger partial charge in [0.1, 0.15) is 0 Å². The Kier molecular flexibility index (Phi) is 8.17. The molecule has 2 heterocycles. The summed E-state index contributed by atoms with van der Waals surface area (Å²) in [7, 11) is 2.50. The average molecular weight is 415 g/mol. The Morgan fingerprint density at radius 2 is 1.82 bits per heavy atom. The van der Waals surface area contributed by atoms with Crippen molar-refractivity contribution in [2.24, 2.45) is 0 Å². The van der Waals surface area contributed by atoms with Crippen molar-refractivity contribution < 1.29 is 28.6 Å². The van der Waals surface area contributed by atoms with Crippen LogP contribution in [-0.4, -0.2) is 55.3 Å². The number of rotatable bonds is 4. The summed E-state index contributed by atoms with van der Waals surface area (Å²) in [5.41, 5.74) is 3.46. The minimum Gasteiger partial charge on any atom is -0.466 e. The highest BCUT2D eigenvalue weighted by molar-refractivity contribution is 6.22. The molecule has 3 rings (SSSR count). The van der Waals surface area contributed by atoms with Crippen LogP contribution in [0.15, 0.2) is 22.9 Å². The van der Waals surface area contributed by atoms with Crippen LogP contribution in [0.3, 0.4) is 0 Å². The van der Waals surface area contributed by atoms with Gasteiger partial charge < -0.3 is 14.2 Å². The van der Waals surface area contributed by atoms with Crippen molar-refractivity contribution in [3.63, 3.8) is 0 Å². The number of amides is 1. The van der Waals surface area contributed by atoms with E-state index in [2.05, 4.69) is 5.43 Å². The van der Waals surface area contributed by atoms with Crippen molar-refractivity contribution in [3.05, 3.63) is 22.9 Å². The standard InChI is InChI=1S/C19H27ClN2O6/c1-4-28-19(25)21-22-11-12-9-7-5-6-8-10-13(20)16(22)15(18(24)27-3)14(12)17(23)26-2/h11,13,16H,4-10H2,1-3H3,(H,21,25)/t13-,16-/m0/s1. The molecule has 0 aromatic heterocycles. The zero-order chi connectivity index (χ0) is 20.7. The molecule has 3 aliphatic rings. The van der Waals surface area contributed by atoms with Crippen LogP contribution >= 0.6 is 11.6 Å². The summed E-state index contributed by atoms with van der Waals surface area (Å²) in [6, 6.07) is -0.797. The van der Waals surface area contributed by atoms with Gasteiger partial charge in [0.2, 0.25) is 0 Å². The van der Waals surface area contributed by atoms with Crippen molar-refractivity contribution in [2.75, 3.05) is 20.8 Å². The minimum atomic E-state index is -0.797. The van der Waals surface area contributed by atoms with Gasteiger partial charge in [-0.2, -0.15) is 0 Å². The summed E-state index contributed by atoms with van der Waals surface area (Å²) >= 11 is 6.67. The molecule has 0 radical (unpaired) electrons. The van der Waals surface area contributed by atoms with Gasteiger partial charge in [-0.15, -0.1) is 11.6 Å². The topological polar surface area (TPSA) is 94.2 Å². The first-order valence-corrected chi connectivity index (χ1v) is 9.85. The normalized spacial score (nSPS) is 22.7. The number of hydrazine groups is 1. The van der Waals surface area contributed by atoms with Crippen molar-refractivity contribution in [3.8, 4) is 0 Å². The zero-order valence-corrected chi connectivity index (χ0v) is 17.2. The molecule has 0 spiro atoms. The molecule has 9 heteroatoms. The first-order chi connectivity index (χ1) is 13.4. The maximum atomic E-state index is 12.7. The van der Waals surface area contributed by atoms with Crippen molar-refractivity contribution in [1.82, 2.24) is 10.4 Å². The smallest absolute Gasteiger partial charge is 0.426 e. The first-order valence-electron chi connectivity index (χ1n) is 9.42. The molecule has 0 fully saturated rings. The van der Waals surface area contributed by atoms with Gasteiger partial charge in [-0.3, -0.25) is 5.01 Å². The van der Waals surface area contributed by atoms with E-state index in [4.69, 9.17) is 25.8 Å². The lowest BCUT2D eigenvalue weighted by Gasteiger charge is -2.38. The molecular formula is C19H27ClN2O6. The highest BCUT2D eigenvalue weighted by Crippen LogP contribution is 2.36. The summed E-state index contributed by atoms with van der Waals surface area (Å²) in [6.45, 7) is 1.88. The van der Waals surface area contributed by atoms with Crippen LogP contribution in [0.2, 0.25) is 0 Å². The summed E-state index contributed by atoms with van der Waals surface area (Å²) in [5.74, 6) is -1.31. The van der Waals surface area contributed by atoms with Gasteiger partial charge >= 0.3 is 18.0 Å². The molecule has 0 unspecified atom stereocenters. The molecule has 156 valence electrons. The van der Waals surface area contributed by atoms with Gasteiger partial charge in [-0.05, 0) is 31.8 Å². The maximum absolute atomic E-state index is 12.7. The van der Waals surface area contributed by atoms with Crippen LogP contribution in [0.1, 0.15) is 45.4 Å². The van der Waals surface area contributed by atoms with E-state index in [1.165, 1.54) is 19.2 Å². The molecule has 2 atom stereocenters. The molecule has 1 aliphatic carbocycles. The van der Waals surface area contributed by atoms with Gasteiger partial charge in [0.25, 0.3) is 0 Å². The molecular weight excluding hydrogens is 388 g/mol. The number of halogens is 1. The molecule has 1 amide bonds. The van der Waals surface area contributed by atoms with Crippen molar-refractivity contribution >= 4 is 29.6 Å². The van der Waals surface area contributed by atoms with Crippen LogP contribution < -0.4 is 5.43 Å². The number of methoxy groups -OCH3 is 2. The van der Waals surface area contributed by atoms with E-state index < -0.39 is 29.5 Å². The lowest BCUT2D eigenvalue weighted by atomic mass is 9.87. The SMILES string of the molecule is CCOC(=O)NN1C=C2CCCCCC[C@H](Cl)[C@H]1C(C(=O)OC)=C2C(=O)OC. The third kappa shape index (κ3) is 4.98. The predicted octanol–water partition coefficient (Wildman–Crippen LogP) is 2.82. The third-order valence-electron chi connectivity index (χ3n) is 4.79. The predicted molar refractivity (Wildman–Crippen MR) is 102 cm³/mol. The molecule has 2 bridgehead atoms. The molecule has 2 aliphatic heterocycles. The van der Waals surface area contributed by atoms with Gasteiger partial charge in [0.15, 0.2) is 0 Å². The van der Waals surface area contributed by atoms with E-state index >= 15 is 0 Å². The van der Waals surface area contributed by atoms with Gasteiger partial charge in [0, 0.05) is 6.20 Å². The fourth-order valence-electron chi connectivity index (χ4n) is 3.53. The van der Waals surface area contributed by atoms with Crippen LogP contribution in [0.5, 0.6) is 0 Å². The lowest BCUT2D eigenvalue weighted by molar-refractivity contribution is -0.140. The first kappa shape index (κ1) is 22.1. The number of hydrogen-bond donors (Lipinski definition) is 1. The number of carbonyl (C=O) groups is 3. The van der Waals surface area contributed by atoms with Crippen LogP contribution in [0.25, 0.3) is 0 Å². The second-order valence-corrected chi connectivity index (χ2v) is 7.14. The van der Waals surface area contributed by atoms with E-state index in [0.717, 1.165) is 25.7 Å². The Morgan fingerprint density at radius 3 is 2.46 bits per heavy atom. The van der Waals surface area contributed by atoms with Crippen LogP contribution in [0, 0.1) is 0 Å². The number of hydrogen-bond acceptors (Lipinski definition) is 7. The molecule has 8 nitrogen and oxygen atoms in total. The number of ether oxygens (including phenoxy) is 3. The molecule has 0 saturated carbocycles. The van der Waals surface area contributed by atoms with Gasteiger partial charge in [-0.1, -0.05) is 19.3 Å². The van der Waals surface area contributed by atoms with Crippen LogP contribution in [0.4, 0.5) is 4.79 Å². The van der Waals surface area contributed by atoms with Gasteiger partial charge in [-0.25, -0.2) is 19.8 Å². The number of fused-ring (bicyclic) bond motifs is 7. The van der Waals surface area contributed by atoms with E-state index in [1.807, 2.05) is 0 Å². The molecule has 0 aromatic carbocycles. The Bertz CT molecular complexity index is 675. The van der Waals surface area contributed by atoms with E-state index in [9.17, 15) is 14.4 Å². The molecule has 0 saturated heterocycles.